The van der Waals surface area contributed by atoms with E-state index in [0.717, 1.165) is 19.4 Å². The van der Waals surface area contributed by atoms with Crippen molar-refractivity contribution < 1.29 is 40.8 Å². The number of hydrogen-bond donors (Lipinski definition) is 1. The summed E-state index contributed by atoms with van der Waals surface area (Å²) in [7, 11) is 0. The smallest absolute Gasteiger partial charge is 1.00 e. The van der Waals surface area contributed by atoms with Gasteiger partial charge in [-0.15, -0.1) is 0 Å². The number of unbranched alkanes of at least 4 members (excludes halogenated alkanes) is 1. The summed E-state index contributed by atoms with van der Waals surface area (Å²) in [5, 5.41) is 8.73. The number of rotatable bonds is 5. The maximum Gasteiger partial charge on any atom is 1.00 e. The molecular weight excluding hydrogens is 139 g/mol. The summed E-state index contributed by atoms with van der Waals surface area (Å²) in [4.78, 5) is 0. The van der Waals surface area contributed by atoms with Crippen molar-refractivity contribution in [2.75, 3.05) is 13.2 Å². The number of hydrogen-bond acceptors (Lipinski definition) is 2. The van der Waals surface area contributed by atoms with Crippen LogP contribution in [-0.4, -0.2) is 24.4 Å². The molecule has 10 heavy (non-hydrogen) atoms. The first kappa shape index (κ1) is 13.5. The van der Waals surface area contributed by atoms with Crippen molar-refractivity contribution in [3.63, 3.8) is 0 Å². The van der Waals surface area contributed by atoms with Gasteiger partial charge in [0.1, 0.15) is 0 Å². The van der Waals surface area contributed by atoms with Crippen LogP contribution in [0.2, 0.25) is 0 Å². The fourth-order valence-electron chi connectivity index (χ4n) is 0.500. The third kappa shape index (κ3) is 11.7. The summed E-state index contributed by atoms with van der Waals surface area (Å²) in [6, 6.07) is 0. The molecule has 0 aliphatic carbocycles. The van der Waals surface area contributed by atoms with Crippen molar-refractivity contribution in [2.45, 2.75) is 32.8 Å². The topological polar surface area (TPSA) is 29.5 Å². The zero-order chi connectivity index (χ0) is 7.11. The Labute approximate surface area is 86.7 Å². The van der Waals surface area contributed by atoms with Gasteiger partial charge in [-0.3, -0.25) is 0 Å². The molecule has 0 saturated heterocycles. The van der Waals surface area contributed by atoms with Crippen molar-refractivity contribution >= 4 is 0 Å². The standard InChI is InChI=1S/C7H16O2.Na.H/c1-3-4-5-9-6-7(2)8;;/h7-8H,3-6H2,1-2H3;;/q;+1;-1. The van der Waals surface area contributed by atoms with Crippen molar-refractivity contribution in [2.24, 2.45) is 0 Å². The number of ether oxygens (including phenoxy) is 1. The molecule has 0 amide bonds. The van der Waals surface area contributed by atoms with Crippen LogP contribution in [-0.2, 0) is 4.74 Å². The predicted molar refractivity (Wildman–Crippen MR) is 38.5 cm³/mol. The van der Waals surface area contributed by atoms with Crippen LogP contribution in [0.25, 0.3) is 0 Å². The van der Waals surface area contributed by atoms with Crippen LogP contribution < -0.4 is 29.6 Å². The van der Waals surface area contributed by atoms with Gasteiger partial charge in [-0.2, -0.15) is 0 Å². The summed E-state index contributed by atoms with van der Waals surface area (Å²) >= 11 is 0. The number of aliphatic hydroxyl groups is 1. The molecule has 1 unspecified atom stereocenters. The zero-order valence-corrected chi connectivity index (χ0v) is 9.26. The third-order valence-corrected chi connectivity index (χ3v) is 1.00. The first-order valence-electron chi connectivity index (χ1n) is 3.53. The Morgan fingerprint density at radius 2 is 2.20 bits per heavy atom. The molecule has 0 spiro atoms. The van der Waals surface area contributed by atoms with Crippen molar-refractivity contribution in [3.8, 4) is 0 Å². The molecule has 3 heteroatoms. The normalized spacial score (nSPS) is 12.3. The number of aliphatic hydroxyl groups excluding tert-OH is 1. The fourth-order valence-corrected chi connectivity index (χ4v) is 0.500. The Morgan fingerprint density at radius 3 is 2.60 bits per heavy atom. The first-order chi connectivity index (χ1) is 4.27. The Morgan fingerprint density at radius 1 is 1.60 bits per heavy atom. The van der Waals surface area contributed by atoms with Gasteiger partial charge in [-0.1, -0.05) is 13.3 Å². The average Bonchev–Trinajstić information content (AvgIpc) is 1.80. The molecule has 0 aliphatic rings. The van der Waals surface area contributed by atoms with E-state index >= 15 is 0 Å². The molecule has 1 N–H and O–H groups in total. The van der Waals surface area contributed by atoms with E-state index in [-0.39, 0.29) is 37.1 Å². The second-order valence-electron chi connectivity index (χ2n) is 2.28. The van der Waals surface area contributed by atoms with Crippen LogP contribution in [0, 0.1) is 0 Å². The van der Waals surface area contributed by atoms with Gasteiger partial charge in [0, 0.05) is 6.61 Å². The molecule has 0 aromatic rings. The first-order valence-corrected chi connectivity index (χ1v) is 3.53. The molecule has 0 heterocycles. The molecule has 0 rings (SSSR count). The van der Waals surface area contributed by atoms with Crippen LogP contribution in [0.3, 0.4) is 0 Å². The van der Waals surface area contributed by atoms with Crippen LogP contribution in [0.15, 0.2) is 0 Å². The predicted octanol–water partition coefficient (Wildman–Crippen LogP) is -1.70. The van der Waals surface area contributed by atoms with E-state index in [1.54, 1.807) is 6.92 Å². The van der Waals surface area contributed by atoms with Crippen LogP contribution >= 0.6 is 0 Å². The molecule has 1 atom stereocenters. The van der Waals surface area contributed by atoms with Gasteiger partial charge in [0.25, 0.3) is 0 Å². The van der Waals surface area contributed by atoms with Crippen molar-refractivity contribution in [1.82, 2.24) is 0 Å². The monoisotopic (exact) mass is 156 g/mol. The van der Waals surface area contributed by atoms with E-state index in [9.17, 15) is 0 Å². The quantitative estimate of drug-likeness (QED) is 0.380. The van der Waals surface area contributed by atoms with E-state index in [1.807, 2.05) is 0 Å². The second-order valence-corrected chi connectivity index (χ2v) is 2.28. The van der Waals surface area contributed by atoms with E-state index in [4.69, 9.17) is 9.84 Å². The van der Waals surface area contributed by atoms with Gasteiger partial charge >= 0.3 is 29.6 Å². The van der Waals surface area contributed by atoms with Gasteiger partial charge < -0.3 is 11.3 Å². The maximum absolute atomic E-state index is 8.73. The molecule has 0 saturated carbocycles. The molecule has 2 nitrogen and oxygen atoms in total. The van der Waals surface area contributed by atoms with Crippen molar-refractivity contribution in [3.05, 3.63) is 0 Å². The summed E-state index contributed by atoms with van der Waals surface area (Å²) in [5.74, 6) is 0. The maximum atomic E-state index is 8.73. The van der Waals surface area contributed by atoms with Gasteiger partial charge in [0.2, 0.25) is 0 Å². The average molecular weight is 156 g/mol. The SMILES string of the molecule is CCCCOCC(C)O.[H-].[Na+]. The van der Waals surface area contributed by atoms with Gasteiger partial charge in [-0.25, -0.2) is 0 Å². The summed E-state index contributed by atoms with van der Waals surface area (Å²) in [5.41, 5.74) is 0. The van der Waals surface area contributed by atoms with Gasteiger partial charge in [0.15, 0.2) is 0 Å². The summed E-state index contributed by atoms with van der Waals surface area (Å²) in [6.07, 6.45) is 1.92. The Balaban J connectivity index is -0.000000320. The van der Waals surface area contributed by atoms with Crippen LogP contribution in [0.5, 0.6) is 0 Å². The van der Waals surface area contributed by atoms with Crippen LogP contribution in [0.4, 0.5) is 0 Å². The molecule has 0 radical (unpaired) electrons. The Bertz CT molecular complexity index is 62.4. The van der Waals surface area contributed by atoms with E-state index in [1.165, 1.54) is 0 Å². The second kappa shape index (κ2) is 9.92. The summed E-state index contributed by atoms with van der Waals surface area (Å²) in [6.45, 7) is 5.10. The summed E-state index contributed by atoms with van der Waals surface area (Å²) < 4.78 is 5.09. The molecular formula is C7H17NaO2. The van der Waals surface area contributed by atoms with Crippen LogP contribution in [0.1, 0.15) is 28.1 Å². The largest absolute Gasteiger partial charge is 1.00 e. The molecule has 0 fully saturated rings. The Hall–Kier alpha value is 0.920. The Kier molecular flexibility index (Phi) is 13.4. The zero-order valence-electron chi connectivity index (χ0n) is 8.26. The molecule has 0 aromatic carbocycles. The molecule has 0 aromatic heterocycles. The fraction of sp³-hybridized carbons (Fsp3) is 1.00. The third-order valence-electron chi connectivity index (χ3n) is 1.00. The minimum atomic E-state index is -0.318. The van der Waals surface area contributed by atoms with Gasteiger partial charge in [0.05, 0.1) is 12.7 Å². The minimum Gasteiger partial charge on any atom is -1.00 e. The van der Waals surface area contributed by atoms with E-state index in [0.29, 0.717) is 6.61 Å². The van der Waals surface area contributed by atoms with Gasteiger partial charge in [-0.05, 0) is 13.3 Å². The van der Waals surface area contributed by atoms with E-state index in [2.05, 4.69) is 6.92 Å². The molecule has 58 valence electrons. The molecule has 0 bridgehead atoms. The molecule has 0 aliphatic heterocycles. The van der Waals surface area contributed by atoms with Crippen molar-refractivity contribution in [1.29, 1.82) is 0 Å². The minimum absolute atomic E-state index is 0. The van der Waals surface area contributed by atoms with E-state index < -0.39 is 0 Å².